The lowest BCUT2D eigenvalue weighted by Crippen LogP contribution is -2.03. The van der Waals surface area contributed by atoms with E-state index >= 15 is 0 Å². The second-order valence-corrected chi connectivity index (χ2v) is 3.52. The Morgan fingerprint density at radius 1 is 1.41 bits per heavy atom. The van der Waals surface area contributed by atoms with E-state index in [1.807, 2.05) is 0 Å². The zero-order valence-corrected chi connectivity index (χ0v) is 9.73. The lowest BCUT2D eigenvalue weighted by atomic mass is 10.2. The van der Waals surface area contributed by atoms with Crippen LogP contribution in [0.4, 0.5) is 10.1 Å². The Bertz CT molecular complexity index is 409. The van der Waals surface area contributed by atoms with Gasteiger partial charge in [0.05, 0.1) is 17.6 Å². The first-order valence-electron chi connectivity index (χ1n) is 5.12. The van der Waals surface area contributed by atoms with Gasteiger partial charge in [-0.25, -0.2) is 0 Å². The van der Waals surface area contributed by atoms with E-state index < -0.39 is 16.4 Å². The van der Waals surface area contributed by atoms with E-state index in [0.717, 1.165) is 12.1 Å². The lowest BCUT2D eigenvalue weighted by Gasteiger charge is -2.08. The lowest BCUT2D eigenvalue weighted by molar-refractivity contribution is -0.387. The van der Waals surface area contributed by atoms with Gasteiger partial charge in [-0.1, -0.05) is 0 Å². The van der Waals surface area contributed by atoms with Crippen molar-refractivity contribution in [2.24, 2.45) is 0 Å². The molecule has 6 heteroatoms. The molecular weight excluding hydrogens is 229 g/mol. The summed E-state index contributed by atoms with van der Waals surface area (Å²) in [5.74, 6) is -0.522. The van der Waals surface area contributed by atoms with Gasteiger partial charge in [0, 0.05) is 20.1 Å². The fourth-order valence-electron chi connectivity index (χ4n) is 1.32. The van der Waals surface area contributed by atoms with E-state index in [4.69, 9.17) is 9.47 Å². The molecule has 0 aromatic heterocycles. The third-order valence-electron chi connectivity index (χ3n) is 2.19. The van der Waals surface area contributed by atoms with E-state index in [0.29, 0.717) is 30.9 Å². The Morgan fingerprint density at radius 3 is 2.71 bits per heavy atom. The Kier molecular flexibility index (Phi) is 4.84. The van der Waals surface area contributed by atoms with Gasteiger partial charge in [-0.2, -0.15) is 4.39 Å². The van der Waals surface area contributed by atoms with E-state index in [9.17, 15) is 14.5 Å². The van der Waals surface area contributed by atoms with Gasteiger partial charge in [-0.3, -0.25) is 10.1 Å². The fraction of sp³-hybridized carbons (Fsp3) is 0.455. The monoisotopic (exact) mass is 243 g/mol. The average molecular weight is 243 g/mol. The molecule has 94 valence electrons. The summed E-state index contributed by atoms with van der Waals surface area (Å²) in [6.45, 7) is 2.55. The molecule has 0 aliphatic heterocycles. The Hall–Kier alpha value is -1.69. The second kappa shape index (κ2) is 6.15. The van der Waals surface area contributed by atoms with Crippen LogP contribution in [0.25, 0.3) is 0 Å². The number of halogens is 1. The van der Waals surface area contributed by atoms with Gasteiger partial charge in [0.1, 0.15) is 5.75 Å². The van der Waals surface area contributed by atoms with Crippen LogP contribution in [-0.2, 0) is 4.74 Å². The quantitative estimate of drug-likeness (QED) is 0.437. The summed E-state index contributed by atoms with van der Waals surface area (Å²) in [6.07, 6.45) is 0.668. The van der Waals surface area contributed by atoms with Gasteiger partial charge in [0.25, 0.3) is 0 Å². The highest BCUT2D eigenvalue weighted by Crippen LogP contribution is 2.27. The van der Waals surface area contributed by atoms with E-state index in [1.165, 1.54) is 0 Å². The minimum atomic E-state index is -0.850. The van der Waals surface area contributed by atoms with Crippen LogP contribution in [-0.4, -0.2) is 25.2 Å². The summed E-state index contributed by atoms with van der Waals surface area (Å²) in [5.41, 5.74) is -0.0390. The number of rotatable bonds is 6. The van der Waals surface area contributed by atoms with Gasteiger partial charge >= 0.3 is 5.69 Å². The smallest absolute Gasteiger partial charge is 0.308 e. The Balaban J connectivity index is 2.77. The van der Waals surface area contributed by atoms with Crippen LogP contribution in [0.1, 0.15) is 12.0 Å². The number of hydrogen-bond acceptors (Lipinski definition) is 4. The Morgan fingerprint density at radius 2 is 2.12 bits per heavy atom. The molecule has 5 nitrogen and oxygen atoms in total. The highest BCUT2D eigenvalue weighted by Gasteiger charge is 2.17. The van der Waals surface area contributed by atoms with Crippen molar-refractivity contribution in [1.82, 2.24) is 0 Å². The third kappa shape index (κ3) is 3.67. The van der Waals surface area contributed by atoms with E-state index in [-0.39, 0.29) is 0 Å². The maximum absolute atomic E-state index is 13.2. The largest absolute Gasteiger partial charge is 0.493 e. The van der Waals surface area contributed by atoms with Gasteiger partial charge in [0.15, 0.2) is 0 Å². The molecule has 0 spiro atoms. The summed E-state index contributed by atoms with van der Waals surface area (Å²) < 4.78 is 23.4. The van der Waals surface area contributed by atoms with Crippen LogP contribution in [0.15, 0.2) is 12.1 Å². The predicted molar refractivity (Wildman–Crippen MR) is 59.8 cm³/mol. The molecule has 0 fully saturated rings. The minimum absolute atomic E-state index is 0.328. The minimum Gasteiger partial charge on any atom is -0.493 e. The maximum Gasteiger partial charge on any atom is 0.308 e. The maximum atomic E-state index is 13.2. The average Bonchev–Trinajstić information content (AvgIpc) is 2.26. The SMILES string of the molecule is COCCCOc1cc([N+](=O)[O-])c(F)cc1C. The predicted octanol–water partition coefficient (Wildman–Crippen LogP) is 2.46. The van der Waals surface area contributed by atoms with Crippen molar-refractivity contribution in [3.05, 3.63) is 33.6 Å². The molecule has 0 aliphatic carbocycles. The molecular formula is C11H14FNO4. The first kappa shape index (κ1) is 13.4. The van der Waals surface area contributed by atoms with Crippen molar-refractivity contribution in [2.75, 3.05) is 20.3 Å². The number of hydrogen-bond donors (Lipinski definition) is 0. The molecule has 0 saturated carbocycles. The standard InChI is InChI=1S/C11H14FNO4/c1-8-6-9(12)10(13(14)15)7-11(8)17-5-3-4-16-2/h6-7H,3-5H2,1-2H3. The van der Waals surface area contributed by atoms with Crippen molar-refractivity contribution >= 4 is 5.69 Å². The van der Waals surface area contributed by atoms with Crippen LogP contribution in [0, 0.1) is 22.9 Å². The zero-order chi connectivity index (χ0) is 12.8. The molecule has 1 rings (SSSR count). The molecule has 17 heavy (non-hydrogen) atoms. The highest BCUT2D eigenvalue weighted by atomic mass is 19.1. The van der Waals surface area contributed by atoms with Gasteiger partial charge in [0.2, 0.25) is 5.82 Å². The van der Waals surface area contributed by atoms with Crippen molar-refractivity contribution in [2.45, 2.75) is 13.3 Å². The summed E-state index contributed by atoms with van der Waals surface area (Å²) in [5, 5.41) is 10.6. The second-order valence-electron chi connectivity index (χ2n) is 3.52. The first-order valence-corrected chi connectivity index (χ1v) is 5.12. The van der Waals surface area contributed by atoms with Crippen molar-refractivity contribution < 1.29 is 18.8 Å². The van der Waals surface area contributed by atoms with Crippen LogP contribution >= 0.6 is 0 Å². The number of benzene rings is 1. The number of ether oxygens (including phenoxy) is 2. The molecule has 0 radical (unpaired) electrons. The van der Waals surface area contributed by atoms with Gasteiger partial charge in [-0.05, 0) is 18.6 Å². The molecule has 0 N–H and O–H groups in total. The number of nitro benzene ring substituents is 1. The van der Waals surface area contributed by atoms with E-state index in [1.54, 1.807) is 14.0 Å². The summed E-state index contributed by atoms with van der Waals surface area (Å²) in [7, 11) is 1.58. The molecule has 0 unspecified atom stereocenters. The van der Waals surface area contributed by atoms with Crippen LogP contribution in [0.3, 0.4) is 0 Å². The molecule has 0 aliphatic rings. The fourth-order valence-corrected chi connectivity index (χ4v) is 1.32. The molecule has 0 saturated heterocycles. The third-order valence-corrected chi connectivity index (χ3v) is 2.19. The molecule has 1 aromatic rings. The number of nitrogens with zero attached hydrogens (tertiary/aromatic N) is 1. The Labute approximate surface area is 98.3 Å². The molecule has 0 bridgehead atoms. The van der Waals surface area contributed by atoms with Crippen molar-refractivity contribution in [3.8, 4) is 5.75 Å². The first-order chi connectivity index (χ1) is 8.06. The molecule has 0 amide bonds. The van der Waals surface area contributed by atoms with Crippen molar-refractivity contribution in [3.63, 3.8) is 0 Å². The van der Waals surface area contributed by atoms with Crippen LogP contribution < -0.4 is 4.74 Å². The van der Waals surface area contributed by atoms with Gasteiger partial charge in [-0.15, -0.1) is 0 Å². The summed E-state index contributed by atoms with van der Waals surface area (Å²) in [6, 6.07) is 2.21. The normalized spacial score (nSPS) is 10.3. The summed E-state index contributed by atoms with van der Waals surface area (Å²) >= 11 is 0. The zero-order valence-electron chi connectivity index (χ0n) is 9.73. The van der Waals surface area contributed by atoms with E-state index in [2.05, 4.69) is 0 Å². The van der Waals surface area contributed by atoms with Crippen LogP contribution in [0.5, 0.6) is 5.75 Å². The molecule has 1 aromatic carbocycles. The van der Waals surface area contributed by atoms with Gasteiger partial charge < -0.3 is 9.47 Å². The topological polar surface area (TPSA) is 61.6 Å². The number of aryl methyl sites for hydroxylation is 1. The molecule has 0 atom stereocenters. The number of nitro groups is 1. The van der Waals surface area contributed by atoms with Crippen molar-refractivity contribution in [1.29, 1.82) is 0 Å². The molecule has 0 heterocycles. The van der Waals surface area contributed by atoms with Crippen LogP contribution in [0.2, 0.25) is 0 Å². The highest BCUT2D eigenvalue weighted by molar-refractivity contribution is 5.44. The number of methoxy groups -OCH3 is 1. The summed E-state index contributed by atoms with van der Waals surface area (Å²) in [4.78, 5) is 9.78.